The summed E-state index contributed by atoms with van der Waals surface area (Å²) in [4.78, 5) is 31.4. The molecule has 0 bridgehead atoms. The van der Waals surface area contributed by atoms with Gasteiger partial charge in [0.15, 0.2) is 0 Å². The number of amides is 2. The highest BCUT2D eigenvalue weighted by Crippen LogP contribution is 2.28. The van der Waals surface area contributed by atoms with Gasteiger partial charge in [0.2, 0.25) is 11.8 Å². The van der Waals surface area contributed by atoms with Gasteiger partial charge in [0, 0.05) is 43.8 Å². The first-order valence-corrected chi connectivity index (χ1v) is 11.6. The SMILES string of the molecule is CC(C)N1CCC(Oc2ccc(N3CCN(C(=O)C4CCCC4)CC3=O)cc2)CC1. The lowest BCUT2D eigenvalue weighted by Crippen LogP contribution is -2.53. The predicted octanol–water partition coefficient (Wildman–Crippen LogP) is 3.30. The van der Waals surface area contributed by atoms with Crippen LogP contribution >= 0.6 is 0 Å². The van der Waals surface area contributed by atoms with Crippen LogP contribution in [0.5, 0.6) is 5.75 Å². The molecule has 6 heteroatoms. The topological polar surface area (TPSA) is 53.1 Å². The van der Waals surface area contributed by atoms with Gasteiger partial charge in [0.05, 0.1) is 0 Å². The van der Waals surface area contributed by atoms with E-state index >= 15 is 0 Å². The van der Waals surface area contributed by atoms with E-state index < -0.39 is 0 Å². The third kappa shape index (κ3) is 4.80. The highest BCUT2D eigenvalue weighted by molar-refractivity contribution is 5.98. The van der Waals surface area contributed by atoms with Crippen molar-refractivity contribution < 1.29 is 14.3 Å². The molecular formula is C24H35N3O3. The van der Waals surface area contributed by atoms with Crippen LogP contribution in [0, 0.1) is 5.92 Å². The molecular weight excluding hydrogens is 378 g/mol. The molecule has 6 nitrogen and oxygen atoms in total. The summed E-state index contributed by atoms with van der Waals surface area (Å²) in [6, 6.07) is 8.45. The Morgan fingerprint density at radius 3 is 2.23 bits per heavy atom. The zero-order chi connectivity index (χ0) is 21.1. The normalized spacial score (nSPS) is 22.2. The van der Waals surface area contributed by atoms with Gasteiger partial charge in [-0.15, -0.1) is 0 Å². The monoisotopic (exact) mass is 413 g/mol. The van der Waals surface area contributed by atoms with Crippen LogP contribution in [0.25, 0.3) is 0 Å². The molecule has 30 heavy (non-hydrogen) atoms. The fourth-order valence-corrected chi connectivity index (χ4v) is 4.97. The van der Waals surface area contributed by atoms with Crippen LogP contribution in [0.2, 0.25) is 0 Å². The molecule has 0 N–H and O–H groups in total. The van der Waals surface area contributed by atoms with Gasteiger partial charge in [0.1, 0.15) is 18.4 Å². The van der Waals surface area contributed by atoms with Gasteiger partial charge >= 0.3 is 0 Å². The molecule has 164 valence electrons. The number of hydrogen-bond acceptors (Lipinski definition) is 4. The van der Waals surface area contributed by atoms with Crippen molar-refractivity contribution in [3.05, 3.63) is 24.3 Å². The number of ether oxygens (including phenoxy) is 1. The third-order valence-electron chi connectivity index (χ3n) is 6.89. The number of benzene rings is 1. The summed E-state index contributed by atoms with van der Waals surface area (Å²) in [6.07, 6.45) is 6.59. The largest absolute Gasteiger partial charge is 0.490 e. The molecule has 1 saturated carbocycles. The summed E-state index contributed by atoms with van der Waals surface area (Å²) >= 11 is 0. The van der Waals surface area contributed by atoms with Crippen molar-refractivity contribution >= 4 is 17.5 Å². The van der Waals surface area contributed by atoms with Crippen LogP contribution in [0.15, 0.2) is 24.3 Å². The molecule has 2 heterocycles. The van der Waals surface area contributed by atoms with Crippen LogP contribution in [0.1, 0.15) is 52.4 Å². The Morgan fingerprint density at radius 1 is 0.967 bits per heavy atom. The van der Waals surface area contributed by atoms with Gasteiger partial charge < -0.3 is 19.4 Å². The minimum Gasteiger partial charge on any atom is -0.490 e. The molecule has 0 radical (unpaired) electrons. The number of nitrogens with zero attached hydrogens (tertiary/aromatic N) is 3. The Kier molecular flexibility index (Phi) is 6.61. The number of piperazine rings is 1. The van der Waals surface area contributed by atoms with Crippen molar-refractivity contribution in [2.45, 2.75) is 64.5 Å². The van der Waals surface area contributed by atoms with Crippen molar-refractivity contribution in [1.82, 2.24) is 9.80 Å². The zero-order valence-electron chi connectivity index (χ0n) is 18.4. The quantitative estimate of drug-likeness (QED) is 0.743. The van der Waals surface area contributed by atoms with E-state index in [0.717, 1.165) is 63.1 Å². The molecule has 0 atom stereocenters. The summed E-state index contributed by atoms with van der Waals surface area (Å²) in [7, 11) is 0. The van der Waals surface area contributed by atoms with Crippen LogP contribution < -0.4 is 9.64 Å². The minimum absolute atomic E-state index is 0.00215. The van der Waals surface area contributed by atoms with Crippen LogP contribution in [0.3, 0.4) is 0 Å². The fourth-order valence-electron chi connectivity index (χ4n) is 4.97. The molecule has 3 fully saturated rings. The number of carbonyl (C=O) groups is 2. The van der Waals surface area contributed by atoms with Crippen LogP contribution in [-0.2, 0) is 9.59 Å². The van der Waals surface area contributed by atoms with Crippen molar-refractivity contribution in [3.63, 3.8) is 0 Å². The molecule has 1 aromatic rings. The van der Waals surface area contributed by atoms with Gasteiger partial charge in [-0.2, -0.15) is 0 Å². The Bertz CT molecular complexity index is 735. The van der Waals surface area contributed by atoms with E-state index in [0.29, 0.717) is 19.1 Å². The number of carbonyl (C=O) groups excluding carboxylic acids is 2. The van der Waals surface area contributed by atoms with Crippen LogP contribution in [-0.4, -0.2) is 66.5 Å². The van der Waals surface area contributed by atoms with Crippen molar-refractivity contribution in [1.29, 1.82) is 0 Å². The van der Waals surface area contributed by atoms with Crippen molar-refractivity contribution in [3.8, 4) is 5.75 Å². The van der Waals surface area contributed by atoms with E-state index in [1.807, 2.05) is 24.3 Å². The maximum atomic E-state index is 12.7. The van der Waals surface area contributed by atoms with E-state index in [2.05, 4.69) is 18.7 Å². The van der Waals surface area contributed by atoms with E-state index in [1.54, 1.807) is 9.80 Å². The van der Waals surface area contributed by atoms with Gasteiger partial charge in [-0.05, 0) is 63.8 Å². The predicted molar refractivity (Wildman–Crippen MR) is 118 cm³/mol. The number of hydrogen-bond donors (Lipinski definition) is 0. The van der Waals surface area contributed by atoms with E-state index in [9.17, 15) is 9.59 Å². The molecule has 2 amide bonds. The summed E-state index contributed by atoms with van der Waals surface area (Å²) in [5.74, 6) is 1.17. The van der Waals surface area contributed by atoms with Gasteiger partial charge in [-0.1, -0.05) is 12.8 Å². The molecule has 0 spiro atoms. The first kappa shape index (κ1) is 21.2. The van der Waals surface area contributed by atoms with Gasteiger partial charge in [0.25, 0.3) is 0 Å². The Morgan fingerprint density at radius 2 is 1.63 bits per heavy atom. The molecule has 0 unspecified atom stereocenters. The molecule has 2 aliphatic heterocycles. The fraction of sp³-hybridized carbons (Fsp3) is 0.667. The second kappa shape index (κ2) is 9.38. The Labute approximate surface area is 180 Å². The lowest BCUT2D eigenvalue weighted by atomic mass is 10.1. The lowest BCUT2D eigenvalue weighted by molar-refractivity contribution is -0.140. The average molecular weight is 414 g/mol. The van der Waals surface area contributed by atoms with E-state index in [-0.39, 0.29) is 30.4 Å². The number of likely N-dealkylation sites (tertiary alicyclic amines) is 1. The second-order valence-corrected chi connectivity index (χ2v) is 9.23. The molecule has 1 aromatic carbocycles. The molecule has 4 rings (SSSR count). The maximum absolute atomic E-state index is 12.7. The molecule has 0 aromatic heterocycles. The minimum atomic E-state index is 0.00215. The molecule has 1 aliphatic carbocycles. The zero-order valence-corrected chi connectivity index (χ0v) is 18.4. The van der Waals surface area contributed by atoms with Gasteiger partial charge in [-0.25, -0.2) is 0 Å². The van der Waals surface area contributed by atoms with Crippen LogP contribution in [0.4, 0.5) is 5.69 Å². The number of piperidine rings is 1. The first-order valence-electron chi connectivity index (χ1n) is 11.6. The summed E-state index contributed by atoms with van der Waals surface area (Å²) in [5.41, 5.74) is 0.884. The maximum Gasteiger partial charge on any atom is 0.246 e. The van der Waals surface area contributed by atoms with Crippen molar-refractivity contribution in [2.75, 3.05) is 37.6 Å². The highest BCUT2D eigenvalue weighted by Gasteiger charge is 2.33. The molecule has 3 aliphatic rings. The smallest absolute Gasteiger partial charge is 0.246 e. The average Bonchev–Trinajstić information content (AvgIpc) is 3.29. The Balaban J connectivity index is 1.29. The van der Waals surface area contributed by atoms with Gasteiger partial charge in [-0.3, -0.25) is 9.59 Å². The highest BCUT2D eigenvalue weighted by atomic mass is 16.5. The summed E-state index contributed by atoms with van der Waals surface area (Å²) in [6.45, 7) is 8.02. The van der Waals surface area contributed by atoms with E-state index in [4.69, 9.17) is 4.74 Å². The lowest BCUT2D eigenvalue weighted by Gasteiger charge is -2.36. The molecule has 2 saturated heterocycles. The van der Waals surface area contributed by atoms with Crippen molar-refractivity contribution in [2.24, 2.45) is 5.92 Å². The number of anilines is 1. The second-order valence-electron chi connectivity index (χ2n) is 9.23. The summed E-state index contributed by atoms with van der Waals surface area (Å²) in [5, 5.41) is 0. The summed E-state index contributed by atoms with van der Waals surface area (Å²) < 4.78 is 6.18. The third-order valence-corrected chi connectivity index (χ3v) is 6.89. The van der Waals surface area contributed by atoms with E-state index in [1.165, 1.54) is 0 Å². The number of rotatable bonds is 5. The standard InChI is InChI=1S/C24H35N3O3/c1-18(2)25-13-11-22(12-14-25)30-21-9-7-20(8-10-21)27-16-15-26(17-23(27)28)24(29)19-5-3-4-6-19/h7-10,18-19,22H,3-6,11-17H2,1-2H3. The first-order chi connectivity index (χ1) is 14.5. The Hall–Kier alpha value is -2.08.